The van der Waals surface area contributed by atoms with Gasteiger partial charge in [0.2, 0.25) is 0 Å². The molecule has 1 aromatic carbocycles. The first-order valence-corrected chi connectivity index (χ1v) is 5.63. The highest BCUT2D eigenvalue weighted by Gasteiger charge is 2.17. The smallest absolute Gasteiger partial charge is 0.331 e. The summed E-state index contributed by atoms with van der Waals surface area (Å²) in [6.07, 6.45) is 1.21. The summed E-state index contributed by atoms with van der Waals surface area (Å²) in [6, 6.07) is 4.55. The van der Waals surface area contributed by atoms with E-state index in [2.05, 4.69) is 0 Å². The van der Waals surface area contributed by atoms with Crippen molar-refractivity contribution in [3.05, 3.63) is 41.7 Å². The Bertz CT molecular complexity index is 557. The quantitative estimate of drug-likeness (QED) is 0.634. The van der Waals surface area contributed by atoms with E-state index < -0.39 is 29.8 Å². The van der Waals surface area contributed by atoms with Gasteiger partial charge in [0, 0.05) is 6.08 Å². The van der Waals surface area contributed by atoms with Crippen LogP contribution in [0, 0.1) is 5.82 Å². The lowest BCUT2D eigenvalue weighted by atomic mass is 10.2. The van der Waals surface area contributed by atoms with Gasteiger partial charge in [-0.25, -0.2) is 14.0 Å². The number of nitrogens with one attached hydrogen (secondary N) is 1. The van der Waals surface area contributed by atoms with Gasteiger partial charge in [-0.05, 0) is 30.7 Å². The molecule has 1 atom stereocenters. The predicted molar refractivity (Wildman–Crippen MR) is 68.7 cm³/mol. The first-order chi connectivity index (χ1) is 9.38. The largest absolute Gasteiger partial charge is 0.449 e. The molecule has 0 aromatic heterocycles. The lowest BCUT2D eigenvalue weighted by Gasteiger charge is -2.09. The molecule has 0 radical (unpaired) electrons. The van der Waals surface area contributed by atoms with E-state index in [0.717, 1.165) is 6.08 Å². The van der Waals surface area contributed by atoms with Crippen molar-refractivity contribution in [2.24, 2.45) is 5.73 Å². The molecule has 20 heavy (non-hydrogen) atoms. The highest BCUT2D eigenvalue weighted by molar-refractivity contribution is 5.97. The van der Waals surface area contributed by atoms with Gasteiger partial charge in [-0.15, -0.1) is 0 Å². The number of halogens is 1. The first-order valence-electron chi connectivity index (χ1n) is 5.63. The van der Waals surface area contributed by atoms with Crippen LogP contribution in [0.15, 0.2) is 30.3 Å². The Kier molecular flexibility index (Phi) is 5.40. The second-order valence-corrected chi connectivity index (χ2v) is 3.82. The Morgan fingerprint density at radius 3 is 2.70 bits per heavy atom. The van der Waals surface area contributed by atoms with Crippen molar-refractivity contribution in [2.75, 3.05) is 0 Å². The SMILES string of the molecule is C[C@H](OC(=O)/C=C/c1cccc(F)c1)C(=O)NC(N)=O. The number of carbonyl (C=O) groups excluding carboxylic acids is 3. The van der Waals surface area contributed by atoms with Gasteiger partial charge >= 0.3 is 12.0 Å². The van der Waals surface area contributed by atoms with E-state index in [1.165, 1.54) is 31.2 Å². The molecule has 1 aromatic rings. The van der Waals surface area contributed by atoms with Gasteiger partial charge in [0.25, 0.3) is 5.91 Å². The lowest BCUT2D eigenvalue weighted by Crippen LogP contribution is -2.42. The van der Waals surface area contributed by atoms with Gasteiger partial charge in [0.05, 0.1) is 0 Å². The molecule has 0 saturated carbocycles. The number of urea groups is 1. The van der Waals surface area contributed by atoms with Gasteiger partial charge in [-0.3, -0.25) is 10.1 Å². The number of rotatable bonds is 4. The fourth-order valence-corrected chi connectivity index (χ4v) is 1.26. The molecule has 7 heteroatoms. The number of ether oxygens (including phenoxy) is 1. The number of hydrogen-bond donors (Lipinski definition) is 2. The molecule has 1 rings (SSSR count). The summed E-state index contributed by atoms with van der Waals surface area (Å²) >= 11 is 0. The Morgan fingerprint density at radius 1 is 1.40 bits per heavy atom. The van der Waals surface area contributed by atoms with Crippen LogP contribution in [0.3, 0.4) is 0 Å². The van der Waals surface area contributed by atoms with Crippen molar-refractivity contribution in [2.45, 2.75) is 13.0 Å². The average Bonchev–Trinajstić information content (AvgIpc) is 2.35. The monoisotopic (exact) mass is 280 g/mol. The fraction of sp³-hybridized carbons (Fsp3) is 0.154. The zero-order chi connectivity index (χ0) is 15.1. The summed E-state index contributed by atoms with van der Waals surface area (Å²) in [5, 5.41) is 1.78. The third-order valence-electron chi connectivity index (χ3n) is 2.17. The number of benzene rings is 1. The van der Waals surface area contributed by atoms with Crippen LogP contribution in [-0.2, 0) is 14.3 Å². The summed E-state index contributed by atoms with van der Waals surface area (Å²) < 4.78 is 17.6. The molecule has 0 unspecified atom stereocenters. The van der Waals surface area contributed by atoms with Crippen LogP contribution in [0.1, 0.15) is 12.5 Å². The van der Waals surface area contributed by atoms with Crippen LogP contribution in [0.5, 0.6) is 0 Å². The van der Waals surface area contributed by atoms with E-state index in [0.29, 0.717) is 5.56 Å². The molecule has 0 aliphatic heterocycles. The van der Waals surface area contributed by atoms with Crippen molar-refractivity contribution >= 4 is 24.0 Å². The zero-order valence-electron chi connectivity index (χ0n) is 10.6. The number of esters is 1. The maximum atomic E-state index is 12.9. The topological polar surface area (TPSA) is 98.5 Å². The normalized spacial score (nSPS) is 11.9. The molecule has 3 amide bonds. The molecule has 0 heterocycles. The Hall–Kier alpha value is -2.70. The van der Waals surface area contributed by atoms with Gasteiger partial charge in [-0.2, -0.15) is 0 Å². The number of primary amides is 1. The second kappa shape index (κ2) is 7.03. The number of hydrogen-bond acceptors (Lipinski definition) is 4. The van der Waals surface area contributed by atoms with Crippen molar-refractivity contribution < 1.29 is 23.5 Å². The van der Waals surface area contributed by atoms with Crippen molar-refractivity contribution in [3.63, 3.8) is 0 Å². The van der Waals surface area contributed by atoms with Crippen LogP contribution in [0.4, 0.5) is 9.18 Å². The van der Waals surface area contributed by atoms with E-state index in [-0.39, 0.29) is 0 Å². The van der Waals surface area contributed by atoms with Crippen LogP contribution < -0.4 is 11.1 Å². The van der Waals surface area contributed by atoms with E-state index >= 15 is 0 Å². The van der Waals surface area contributed by atoms with Gasteiger partial charge in [0.1, 0.15) is 5.82 Å². The Labute approximate surface area is 114 Å². The van der Waals surface area contributed by atoms with Gasteiger partial charge in [-0.1, -0.05) is 12.1 Å². The minimum atomic E-state index is -1.17. The highest BCUT2D eigenvalue weighted by atomic mass is 19.1. The Balaban J connectivity index is 2.55. The summed E-state index contributed by atoms with van der Waals surface area (Å²) in [7, 11) is 0. The van der Waals surface area contributed by atoms with Crippen LogP contribution in [0.25, 0.3) is 6.08 Å². The molecule has 0 aliphatic rings. The number of carbonyl (C=O) groups is 3. The molecule has 3 N–H and O–H groups in total. The molecular formula is C13H13FN2O4. The molecule has 0 spiro atoms. The first kappa shape index (κ1) is 15.4. The van der Waals surface area contributed by atoms with Gasteiger partial charge in [0.15, 0.2) is 6.10 Å². The molecule has 0 fully saturated rings. The third kappa shape index (κ3) is 5.30. The molecule has 0 saturated heterocycles. The molecule has 106 valence electrons. The maximum Gasteiger partial charge on any atom is 0.331 e. The highest BCUT2D eigenvalue weighted by Crippen LogP contribution is 2.05. The van der Waals surface area contributed by atoms with Crippen molar-refractivity contribution in [1.29, 1.82) is 0 Å². The van der Waals surface area contributed by atoms with Crippen molar-refractivity contribution in [3.8, 4) is 0 Å². The fourth-order valence-electron chi connectivity index (χ4n) is 1.26. The summed E-state index contributed by atoms with van der Waals surface area (Å²) in [5.74, 6) is -2.07. The summed E-state index contributed by atoms with van der Waals surface area (Å²) in [5.41, 5.74) is 5.22. The van der Waals surface area contributed by atoms with Crippen LogP contribution in [0.2, 0.25) is 0 Å². The van der Waals surface area contributed by atoms with E-state index in [1.807, 2.05) is 0 Å². The van der Waals surface area contributed by atoms with E-state index in [9.17, 15) is 18.8 Å². The van der Waals surface area contributed by atoms with E-state index in [4.69, 9.17) is 10.5 Å². The Morgan fingerprint density at radius 2 is 2.10 bits per heavy atom. The number of imide groups is 1. The molecular weight excluding hydrogens is 267 g/mol. The molecule has 0 bridgehead atoms. The predicted octanol–water partition coefficient (Wildman–Crippen LogP) is 0.965. The standard InChI is InChI=1S/C13H13FN2O4/c1-8(12(18)16-13(15)19)20-11(17)6-5-9-3-2-4-10(14)7-9/h2-8H,1H3,(H3,15,16,18,19)/b6-5+/t8-/m0/s1. The number of amides is 3. The zero-order valence-corrected chi connectivity index (χ0v) is 10.6. The van der Waals surface area contributed by atoms with Crippen molar-refractivity contribution in [1.82, 2.24) is 5.32 Å². The average molecular weight is 280 g/mol. The van der Waals surface area contributed by atoms with E-state index in [1.54, 1.807) is 11.4 Å². The van der Waals surface area contributed by atoms with Crippen LogP contribution in [-0.4, -0.2) is 24.0 Å². The third-order valence-corrected chi connectivity index (χ3v) is 2.17. The number of nitrogens with two attached hydrogens (primary N) is 1. The second-order valence-electron chi connectivity index (χ2n) is 3.82. The maximum absolute atomic E-state index is 12.9. The van der Waals surface area contributed by atoms with Gasteiger partial charge < -0.3 is 10.5 Å². The minimum absolute atomic E-state index is 0.435. The molecule has 6 nitrogen and oxygen atoms in total. The summed E-state index contributed by atoms with van der Waals surface area (Å²) in [6.45, 7) is 1.28. The lowest BCUT2D eigenvalue weighted by molar-refractivity contribution is -0.149. The minimum Gasteiger partial charge on any atom is -0.449 e. The van der Waals surface area contributed by atoms with Crippen LogP contribution >= 0.6 is 0 Å². The summed E-state index contributed by atoms with van der Waals surface area (Å²) in [4.78, 5) is 33.1. The molecule has 0 aliphatic carbocycles.